The number of rotatable bonds is 7. The second-order valence-electron chi connectivity index (χ2n) is 5.81. The molecular formula is C16H26N2O2. The summed E-state index contributed by atoms with van der Waals surface area (Å²) in [6.07, 6.45) is 1.80. The number of aliphatic hydroxyl groups is 2. The molecule has 20 heavy (non-hydrogen) atoms. The number of aliphatic hydroxyl groups excluding tert-OH is 2. The lowest BCUT2D eigenvalue weighted by molar-refractivity contribution is 0.0626. The van der Waals surface area contributed by atoms with Crippen molar-refractivity contribution in [2.45, 2.75) is 31.5 Å². The van der Waals surface area contributed by atoms with E-state index in [1.165, 1.54) is 5.56 Å². The fourth-order valence-corrected chi connectivity index (χ4v) is 2.99. The van der Waals surface area contributed by atoms with Crippen LogP contribution < -0.4 is 0 Å². The lowest BCUT2D eigenvalue weighted by Crippen LogP contribution is -2.42. The molecule has 1 fully saturated rings. The van der Waals surface area contributed by atoms with E-state index in [0.29, 0.717) is 13.1 Å². The highest BCUT2D eigenvalue weighted by atomic mass is 16.3. The van der Waals surface area contributed by atoms with Crippen LogP contribution in [0.25, 0.3) is 0 Å². The normalized spacial score (nSPS) is 21.5. The summed E-state index contributed by atoms with van der Waals surface area (Å²) in [5.74, 6) is 0. The van der Waals surface area contributed by atoms with Crippen molar-refractivity contribution in [2.24, 2.45) is 0 Å². The first kappa shape index (κ1) is 15.4. The van der Waals surface area contributed by atoms with Gasteiger partial charge in [-0.2, -0.15) is 0 Å². The third kappa shape index (κ3) is 4.56. The molecule has 2 atom stereocenters. The van der Waals surface area contributed by atoms with E-state index in [0.717, 1.165) is 25.9 Å². The molecule has 0 amide bonds. The monoisotopic (exact) mass is 278 g/mol. The molecule has 0 aromatic heterocycles. The molecule has 0 spiro atoms. The molecule has 2 N–H and O–H groups in total. The molecule has 1 heterocycles. The van der Waals surface area contributed by atoms with Crippen molar-refractivity contribution in [1.82, 2.24) is 9.80 Å². The molecule has 1 aromatic carbocycles. The maximum absolute atomic E-state index is 10.2. The molecule has 0 saturated carbocycles. The third-order valence-corrected chi connectivity index (χ3v) is 3.97. The first-order valence-electron chi connectivity index (χ1n) is 7.44. The number of hydrogen-bond donors (Lipinski definition) is 2. The number of benzene rings is 1. The Hall–Kier alpha value is -0.940. The van der Waals surface area contributed by atoms with Crippen molar-refractivity contribution < 1.29 is 10.2 Å². The lowest BCUT2D eigenvalue weighted by Gasteiger charge is -2.27. The molecule has 1 unspecified atom stereocenters. The average Bonchev–Trinajstić information content (AvgIpc) is 2.86. The molecule has 1 aromatic rings. The topological polar surface area (TPSA) is 46.9 Å². The second kappa shape index (κ2) is 7.74. The van der Waals surface area contributed by atoms with E-state index >= 15 is 0 Å². The Morgan fingerprint density at radius 1 is 1.35 bits per heavy atom. The molecule has 1 aliphatic rings. The summed E-state index contributed by atoms with van der Waals surface area (Å²) in [6.45, 7) is 3.35. The average molecular weight is 278 g/mol. The lowest BCUT2D eigenvalue weighted by atomic mass is 10.2. The van der Waals surface area contributed by atoms with Crippen LogP contribution in [-0.4, -0.2) is 65.4 Å². The van der Waals surface area contributed by atoms with Gasteiger partial charge in [0, 0.05) is 25.7 Å². The van der Waals surface area contributed by atoms with Crippen molar-refractivity contribution in [3.8, 4) is 0 Å². The van der Waals surface area contributed by atoms with Gasteiger partial charge >= 0.3 is 0 Å². The predicted octanol–water partition coefficient (Wildman–Crippen LogP) is 0.936. The molecule has 4 heteroatoms. The zero-order valence-corrected chi connectivity index (χ0v) is 12.3. The molecule has 4 nitrogen and oxygen atoms in total. The first-order valence-corrected chi connectivity index (χ1v) is 7.44. The summed E-state index contributed by atoms with van der Waals surface area (Å²) in [4.78, 5) is 4.35. The van der Waals surface area contributed by atoms with Gasteiger partial charge in [-0.15, -0.1) is 0 Å². The van der Waals surface area contributed by atoms with Crippen LogP contribution in [0.5, 0.6) is 0 Å². The SMILES string of the molecule is CN(Cc1ccccc1)CC(O)CN1CCC[C@@H]1CO. The summed E-state index contributed by atoms with van der Waals surface area (Å²) in [5, 5.41) is 19.5. The van der Waals surface area contributed by atoms with Crippen LogP contribution in [0, 0.1) is 0 Å². The largest absolute Gasteiger partial charge is 0.395 e. The maximum Gasteiger partial charge on any atom is 0.0793 e. The van der Waals surface area contributed by atoms with Crippen LogP contribution in [0.1, 0.15) is 18.4 Å². The Kier molecular flexibility index (Phi) is 5.98. The van der Waals surface area contributed by atoms with Crippen LogP contribution >= 0.6 is 0 Å². The van der Waals surface area contributed by atoms with Gasteiger partial charge in [0.15, 0.2) is 0 Å². The molecule has 0 radical (unpaired) electrons. The van der Waals surface area contributed by atoms with E-state index in [2.05, 4.69) is 21.9 Å². The molecule has 1 aliphatic heterocycles. The molecule has 0 aliphatic carbocycles. The van der Waals surface area contributed by atoms with Crippen LogP contribution in [0.4, 0.5) is 0 Å². The minimum absolute atomic E-state index is 0.201. The van der Waals surface area contributed by atoms with Gasteiger partial charge in [0.2, 0.25) is 0 Å². The summed E-state index contributed by atoms with van der Waals surface area (Å²) >= 11 is 0. The molecule has 112 valence electrons. The predicted molar refractivity (Wildman–Crippen MR) is 80.5 cm³/mol. The Labute approximate surface area is 121 Å². The number of β-amino-alcohol motifs (C(OH)–C–C–N with tert-alkyl or cyclic N) is 1. The van der Waals surface area contributed by atoms with Gasteiger partial charge in [0.25, 0.3) is 0 Å². The van der Waals surface area contributed by atoms with Gasteiger partial charge in [-0.3, -0.25) is 9.80 Å². The third-order valence-electron chi connectivity index (χ3n) is 3.97. The van der Waals surface area contributed by atoms with Crippen LogP contribution in [0.3, 0.4) is 0 Å². The van der Waals surface area contributed by atoms with Gasteiger partial charge in [0.05, 0.1) is 12.7 Å². The molecule has 0 bridgehead atoms. The van der Waals surface area contributed by atoms with Crippen molar-refractivity contribution in [3.63, 3.8) is 0 Å². The van der Waals surface area contributed by atoms with Crippen molar-refractivity contribution >= 4 is 0 Å². The van der Waals surface area contributed by atoms with E-state index in [1.54, 1.807) is 0 Å². The van der Waals surface area contributed by atoms with Crippen LogP contribution in [0.15, 0.2) is 30.3 Å². The second-order valence-corrected chi connectivity index (χ2v) is 5.81. The fraction of sp³-hybridized carbons (Fsp3) is 0.625. The van der Waals surface area contributed by atoms with Gasteiger partial charge < -0.3 is 10.2 Å². The Bertz CT molecular complexity index is 385. The van der Waals surface area contributed by atoms with Crippen molar-refractivity contribution in [2.75, 3.05) is 33.3 Å². The number of likely N-dealkylation sites (N-methyl/N-ethyl adjacent to an activating group) is 1. The summed E-state index contributed by atoms with van der Waals surface area (Å²) < 4.78 is 0. The van der Waals surface area contributed by atoms with E-state index in [4.69, 9.17) is 0 Å². The molecule has 2 rings (SSSR count). The minimum atomic E-state index is -0.365. The zero-order chi connectivity index (χ0) is 14.4. The highest BCUT2D eigenvalue weighted by molar-refractivity contribution is 5.14. The van der Waals surface area contributed by atoms with E-state index < -0.39 is 0 Å². The standard InChI is InChI=1S/C16H26N2O2/c1-17(10-14-6-3-2-4-7-14)11-16(20)12-18-9-5-8-15(18)13-19/h2-4,6-7,15-16,19-20H,5,8-13H2,1H3/t15-,16?/m1/s1. The number of nitrogens with zero attached hydrogens (tertiary/aromatic N) is 2. The van der Waals surface area contributed by atoms with Crippen LogP contribution in [0.2, 0.25) is 0 Å². The minimum Gasteiger partial charge on any atom is -0.395 e. The molecular weight excluding hydrogens is 252 g/mol. The van der Waals surface area contributed by atoms with E-state index in [-0.39, 0.29) is 18.8 Å². The zero-order valence-electron chi connectivity index (χ0n) is 12.3. The first-order chi connectivity index (χ1) is 9.69. The summed E-state index contributed by atoms with van der Waals surface area (Å²) in [7, 11) is 2.03. The summed E-state index contributed by atoms with van der Waals surface area (Å²) in [5.41, 5.74) is 1.26. The Balaban J connectivity index is 1.75. The van der Waals surface area contributed by atoms with Gasteiger partial charge in [-0.1, -0.05) is 30.3 Å². The van der Waals surface area contributed by atoms with Gasteiger partial charge in [-0.05, 0) is 32.0 Å². The Morgan fingerprint density at radius 3 is 2.80 bits per heavy atom. The van der Waals surface area contributed by atoms with E-state index in [9.17, 15) is 10.2 Å². The van der Waals surface area contributed by atoms with Crippen molar-refractivity contribution in [1.29, 1.82) is 0 Å². The highest BCUT2D eigenvalue weighted by Crippen LogP contribution is 2.17. The summed E-state index contributed by atoms with van der Waals surface area (Å²) in [6, 6.07) is 10.5. The van der Waals surface area contributed by atoms with Gasteiger partial charge in [-0.25, -0.2) is 0 Å². The molecule has 1 saturated heterocycles. The van der Waals surface area contributed by atoms with Crippen molar-refractivity contribution in [3.05, 3.63) is 35.9 Å². The number of hydrogen-bond acceptors (Lipinski definition) is 4. The van der Waals surface area contributed by atoms with Gasteiger partial charge in [0.1, 0.15) is 0 Å². The highest BCUT2D eigenvalue weighted by Gasteiger charge is 2.25. The van der Waals surface area contributed by atoms with Crippen LogP contribution in [-0.2, 0) is 6.54 Å². The maximum atomic E-state index is 10.2. The quantitative estimate of drug-likeness (QED) is 0.779. The van der Waals surface area contributed by atoms with E-state index in [1.807, 2.05) is 25.2 Å². The Morgan fingerprint density at radius 2 is 2.10 bits per heavy atom. The number of likely N-dealkylation sites (tertiary alicyclic amines) is 1. The fourth-order valence-electron chi connectivity index (χ4n) is 2.99. The smallest absolute Gasteiger partial charge is 0.0793 e.